The van der Waals surface area contributed by atoms with Crippen LogP contribution in [0.15, 0.2) is 46.1 Å². The van der Waals surface area contributed by atoms with Gasteiger partial charge >= 0.3 is 0 Å². The molecule has 0 aliphatic rings. The molecule has 2 aromatic rings. The van der Waals surface area contributed by atoms with Gasteiger partial charge in [0.05, 0.1) is 6.04 Å². The van der Waals surface area contributed by atoms with Crippen molar-refractivity contribution in [1.82, 2.24) is 20.4 Å². The van der Waals surface area contributed by atoms with E-state index in [1.165, 1.54) is 5.56 Å². The summed E-state index contributed by atoms with van der Waals surface area (Å²) in [6.45, 7) is 7.95. The van der Waals surface area contributed by atoms with Crippen molar-refractivity contribution in [2.24, 2.45) is 4.99 Å². The smallest absolute Gasteiger partial charge is 0.253 e. The minimum atomic E-state index is 0.0261. The second-order valence-corrected chi connectivity index (χ2v) is 8.10. The number of carbonyl (C=O) groups is 1. The predicted octanol–water partition coefficient (Wildman–Crippen LogP) is 3.24. The topological polar surface area (TPSA) is 60.0 Å². The summed E-state index contributed by atoms with van der Waals surface area (Å²) in [6.07, 6.45) is 0.819. The number of hydrogen-bond acceptors (Lipinski definition) is 4. The maximum absolute atomic E-state index is 12.2. The Labute approximate surface area is 185 Å². The van der Waals surface area contributed by atoms with Crippen molar-refractivity contribution in [1.29, 1.82) is 0 Å². The van der Waals surface area contributed by atoms with E-state index in [4.69, 9.17) is 0 Å². The zero-order valence-corrected chi connectivity index (χ0v) is 19.6. The molecule has 0 saturated carbocycles. The third-order valence-electron chi connectivity index (χ3n) is 5.15. The van der Waals surface area contributed by atoms with Crippen LogP contribution in [0, 0.1) is 0 Å². The van der Waals surface area contributed by atoms with Gasteiger partial charge in [-0.1, -0.05) is 26.0 Å². The monoisotopic (exact) mass is 429 g/mol. The fourth-order valence-corrected chi connectivity index (χ4v) is 4.15. The summed E-state index contributed by atoms with van der Waals surface area (Å²) in [7, 11) is 5.34. The molecule has 0 radical (unpaired) electrons. The number of guanidine groups is 1. The van der Waals surface area contributed by atoms with Gasteiger partial charge in [-0.05, 0) is 59.6 Å². The summed E-state index contributed by atoms with van der Waals surface area (Å²) in [5.74, 6) is 0.820. The van der Waals surface area contributed by atoms with E-state index in [1.807, 2.05) is 18.2 Å². The van der Waals surface area contributed by atoms with E-state index in [0.717, 1.165) is 49.7 Å². The lowest BCUT2D eigenvalue weighted by molar-refractivity contribution is 0.0827. The molecule has 1 unspecified atom stereocenters. The van der Waals surface area contributed by atoms with Crippen molar-refractivity contribution in [2.75, 3.05) is 47.3 Å². The summed E-state index contributed by atoms with van der Waals surface area (Å²) in [4.78, 5) is 20.6. The first-order valence-corrected chi connectivity index (χ1v) is 11.5. The van der Waals surface area contributed by atoms with Crippen LogP contribution in [0.5, 0.6) is 0 Å². The molecule has 7 heteroatoms. The molecule has 1 heterocycles. The Hall–Kier alpha value is -2.38. The number of hydrogen-bond donors (Lipinski definition) is 2. The zero-order valence-electron chi connectivity index (χ0n) is 18.8. The van der Waals surface area contributed by atoms with E-state index in [2.05, 4.69) is 57.3 Å². The summed E-state index contributed by atoms with van der Waals surface area (Å²) < 4.78 is 0. The van der Waals surface area contributed by atoms with Gasteiger partial charge in [0.25, 0.3) is 5.91 Å². The molecule has 164 valence electrons. The van der Waals surface area contributed by atoms with E-state index >= 15 is 0 Å². The molecule has 2 N–H and O–H groups in total. The average Bonchev–Trinajstić information content (AvgIpc) is 3.29. The van der Waals surface area contributed by atoms with Crippen LogP contribution in [0.2, 0.25) is 0 Å². The molecule has 2 rings (SSSR count). The minimum absolute atomic E-state index is 0.0261. The number of thiophene rings is 1. The molecule has 1 aromatic carbocycles. The fraction of sp³-hybridized carbons (Fsp3) is 0.478. The molecule has 1 aromatic heterocycles. The van der Waals surface area contributed by atoms with Crippen LogP contribution in [-0.2, 0) is 6.42 Å². The van der Waals surface area contributed by atoms with Crippen LogP contribution in [-0.4, -0.2) is 69.0 Å². The highest BCUT2D eigenvalue weighted by molar-refractivity contribution is 7.07. The third-order valence-corrected chi connectivity index (χ3v) is 5.86. The van der Waals surface area contributed by atoms with Crippen LogP contribution < -0.4 is 10.6 Å². The normalized spacial score (nSPS) is 12.7. The van der Waals surface area contributed by atoms with Gasteiger partial charge in [-0.2, -0.15) is 11.3 Å². The van der Waals surface area contributed by atoms with Crippen LogP contribution in [0.4, 0.5) is 0 Å². The molecular weight excluding hydrogens is 394 g/mol. The largest absolute Gasteiger partial charge is 0.356 e. The van der Waals surface area contributed by atoms with Crippen molar-refractivity contribution in [3.05, 3.63) is 57.8 Å². The van der Waals surface area contributed by atoms with E-state index in [-0.39, 0.29) is 5.91 Å². The lowest BCUT2D eigenvalue weighted by Crippen LogP contribution is -2.43. The third kappa shape index (κ3) is 6.85. The number of amides is 1. The maximum Gasteiger partial charge on any atom is 0.253 e. The van der Waals surface area contributed by atoms with Crippen molar-refractivity contribution >= 4 is 23.2 Å². The number of nitrogens with zero attached hydrogens (tertiary/aromatic N) is 3. The molecule has 30 heavy (non-hydrogen) atoms. The zero-order chi connectivity index (χ0) is 21.9. The number of carbonyl (C=O) groups excluding carboxylic acids is 1. The number of rotatable bonds is 10. The molecule has 0 bridgehead atoms. The van der Waals surface area contributed by atoms with Crippen molar-refractivity contribution in [3.63, 3.8) is 0 Å². The number of nitrogens with one attached hydrogen (secondary N) is 2. The Bertz CT molecular complexity index is 800. The van der Waals surface area contributed by atoms with Gasteiger partial charge in [-0.25, -0.2) is 0 Å². The van der Waals surface area contributed by atoms with Gasteiger partial charge < -0.3 is 15.5 Å². The highest BCUT2D eigenvalue weighted by Gasteiger charge is 2.18. The van der Waals surface area contributed by atoms with Crippen molar-refractivity contribution in [2.45, 2.75) is 26.3 Å². The summed E-state index contributed by atoms with van der Waals surface area (Å²) >= 11 is 1.74. The average molecular weight is 430 g/mol. The van der Waals surface area contributed by atoms with Gasteiger partial charge in [0, 0.05) is 39.8 Å². The number of aliphatic imine (C=N–C) groups is 1. The second-order valence-electron chi connectivity index (χ2n) is 7.32. The Morgan fingerprint density at radius 1 is 1.17 bits per heavy atom. The molecule has 0 saturated heterocycles. The number of likely N-dealkylation sites (N-methyl/N-ethyl adjacent to an activating group) is 1. The molecule has 0 aliphatic carbocycles. The van der Waals surface area contributed by atoms with Gasteiger partial charge in [0.2, 0.25) is 0 Å². The first-order valence-electron chi connectivity index (χ1n) is 10.5. The molecule has 0 spiro atoms. The lowest BCUT2D eigenvalue weighted by atomic mass is 10.1. The predicted molar refractivity (Wildman–Crippen MR) is 128 cm³/mol. The van der Waals surface area contributed by atoms with Gasteiger partial charge in [0.15, 0.2) is 5.96 Å². The summed E-state index contributed by atoms with van der Waals surface area (Å²) in [6, 6.07) is 10.3. The minimum Gasteiger partial charge on any atom is -0.356 e. The van der Waals surface area contributed by atoms with Crippen LogP contribution in [0.1, 0.15) is 41.4 Å². The number of benzene rings is 1. The molecule has 1 atom stereocenters. The SMILES string of the molecule is CCN(CC)C(CNC(=NC)NCCc1cccc(C(=O)N(C)C)c1)c1ccsc1. The van der Waals surface area contributed by atoms with Crippen LogP contribution in [0.25, 0.3) is 0 Å². The molecule has 6 nitrogen and oxygen atoms in total. The second kappa shape index (κ2) is 12.3. The standard InChI is InChI=1S/C23H35N5OS/c1-6-28(7-2)21(20-12-14-30-17-20)16-26-23(24-3)25-13-11-18-9-8-10-19(15-18)22(29)27(4)5/h8-10,12,14-15,17,21H,6-7,11,13,16H2,1-5H3,(H2,24,25,26). The summed E-state index contributed by atoms with van der Waals surface area (Å²) in [5, 5.41) is 11.2. The van der Waals surface area contributed by atoms with E-state index in [9.17, 15) is 4.79 Å². The molecule has 0 fully saturated rings. The molecule has 0 aliphatic heterocycles. The quantitative estimate of drug-likeness (QED) is 0.450. The van der Waals surface area contributed by atoms with E-state index in [1.54, 1.807) is 37.4 Å². The lowest BCUT2D eigenvalue weighted by Gasteiger charge is -2.30. The van der Waals surface area contributed by atoms with Gasteiger partial charge in [-0.15, -0.1) is 0 Å². The Morgan fingerprint density at radius 3 is 2.53 bits per heavy atom. The highest BCUT2D eigenvalue weighted by Crippen LogP contribution is 2.22. The Morgan fingerprint density at radius 2 is 1.93 bits per heavy atom. The van der Waals surface area contributed by atoms with E-state index < -0.39 is 0 Å². The van der Waals surface area contributed by atoms with Crippen molar-refractivity contribution in [3.8, 4) is 0 Å². The first kappa shape index (κ1) is 23.9. The maximum atomic E-state index is 12.2. The summed E-state index contributed by atoms with van der Waals surface area (Å²) in [5.41, 5.74) is 3.19. The Kier molecular flexibility index (Phi) is 9.83. The highest BCUT2D eigenvalue weighted by atomic mass is 32.1. The molecular formula is C23H35N5OS. The van der Waals surface area contributed by atoms with Gasteiger partial charge in [0.1, 0.15) is 0 Å². The van der Waals surface area contributed by atoms with Gasteiger partial charge in [-0.3, -0.25) is 14.7 Å². The Balaban J connectivity index is 1.90. The van der Waals surface area contributed by atoms with Crippen LogP contribution in [0.3, 0.4) is 0 Å². The van der Waals surface area contributed by atoms with Crippen molar-refractivity contribution < 1.29 is 4.79 Å². The van der Waals surface area contributed by atoms with E-state index in [0.29, 0.717) is 6.04 Å². The first-order chi connectivity index (χ1) is 14.5. The van der Waals surface area contributed by atoms with Crippen LogP contribution >= 0.6 is 11.3 Å². The molecule has 1 amide bonds. The fourth-order valence-electron chi connectivity index (χ4n) is 3.44.